The van der Waals surface area contributed by atoms with Crippen molar-refractivity contribution in [3.05, 3.63) is 46.2 Å². The summed E-state index contributed by atoms with van der Waals surface area (Å²) in [6.07, 6.45) is 10.6. The number of carbonyl (C=O) groups excluding carboxylic acids is 2. The normalized spacial score (nSPS) is 22.4. The lowest BCUT2D eigenvalue weighted by atomic mass is 9.88. The van der Waals surface area contributed by atoms with Gasteiger partial charge < -0.3 is 24.9 Å². The minimum absolute atomic E-state index is 0.0584. The zero-order valence-corrected chi connectivity index (χ0v) is 19.0. The average molecular weight is 470 g/mol. The summed E-state index contributed by atoms with van der Waals surface area (Å²) >= 11 is 1.42. The van der Waals surface area contributed by atoms with E-state index in [1.165, 1.54) is 29.9 Å². The van der Waals surface area contributed by atoms with E-state index in [4.69, 9.17) is 9.15 Å². The maximum absolute atomic E-state index is 12.3. The van der Waals surface area contributed by atoms with Crippen molar-refractivity contribution in [2.24, 2.45) is 5.92 Å². The molecule has 8 nitrogen and oxygen atoms in total. The summed E-state index contributed by atoms with van der Waals surface area (Å²) in [5.41, 5.74) is 2.29. The van der Waals surface area contributed by atoms with Gasteiger partial charge in [-0.25, -0.2) is 4.79 Å². The first-order valence-electron chi connectivity index (χ1n) is 11.2. The smallest absolute Gasteiger partial charge is 0.407 e. The number of nitrogens with zero attached hydrogens (tertiary/aromatic N) is 1. The molecule has 9 heteroatoms. The van der Waals surface area contributed by atoms with Gasteiger partial charge in [0.15, 0.2) is 0 Å². The summed E-state index contributed by atoms with van der Waals surface area (Å²) in [6.45, 7) is 0.315. The molecule has 1 fully saturated rings. The largest absolute Gasteiger partial charge is 0.472 e. The third kappa shape index (κ3) is 6.03. The Morgan fingerprint density at radius 2 is 2.12 bits per heavy atom. The number of amides is 2. The first-order chi connectivity index (χ1) is 16.0. The number of nitrogens with one attached hydrogen (secondary N) is 2. The number of ether oxygens (including phenoxy) is 1. The van der Waals surface area contributed by atoms with Crippen LogP contribution >= 0.6 is 11.3 Å². The summed E-state index contributed by atoms with van der Waals surface area (Å²) < 4.78 is 10.4. The SMILES string of the molecule is N#Cc1c(NC(=O)/C=C/c2ccoc2)sc2c1CCC(COC(=O)NC1CCC(O)CC1)C2. The number of alkyl carbamates (subject to hydrolysis) is 1. The molecular weight excluding hydrogens is 442 g/mol. The van der Waals surface area contributed by atoms with Crippen LogP contribution in [0.4, 0.5) is 9.80 Å². The molecule has 2 aliphatic carbocycles. The van der Waals surface area contributed by atoms with Crippen molar-refractivity contribution in [1.82, 2.24) is 5.32 Å². The molecule has 0 saturated heterocycles. The second-order valence-electron chi connectivity index (χ2n) is 8.56. The molecule has 3 N–H and O–H groups in total. The molecule has 1 unspecified atom stereocenters. The number of furan rings is 1. The summed E-state index contributed by atoms with van der Waals surface area (Å²) in [7, 11) is 0. The van der Waals surface area contributed by atoms with Gasteiger partial charge in [-0.3, -0.25) is 4.79 Å². The van der Waals surface area contributed by atoms with Crippen LogP contribution in [0.5, 0.6) is 0 Å². The Kier molecular flexibility index (Phi) is 7.47. The fraction of sp³-hybridized carbons (Fsp3) is 0.458. The molecule has 2 aromatic rings. The third-order valence-electron chi connectivity index (χ3n) is 6.16. The molecular formula is C24H27N3O5S. The van der Waals surface area contributed by atoms with Gasteiger partial charge in [0, 0.05) is 22.6 Å². The second-order valence-corrected chi connectivity index (χ2v) is 9.66. The molecule has 2 aliphatic rings. The number of thiophene rings is 1. The first-order valence-corrected chi connectivity index (χ1v) is 12.0. The van der Waals surface area contributed by atoms with Crippen LogP contribution in [0.3, 0.4) is 0 Å². The fourth-order valence-electron chi connectivity index (χ4n) is 4.32. The van der Waals surface area contributed by atoms with Crippen molar-refractivity contribution in [3.8, 4) is 6.07 Å². The molecule has 4 rings (SSSR count). The van der Waals surface area contributed by atoms with E-state index in [0.29, 0.717) is 42.9 Å². The van der Waals surface area contributed by atoms with Crippen molar-refractivity contribution in [3.63, 3.8) is 0 Å². The maximum Gasteiger partial charge on any atom is 0.407 e. The van der Waals surface area contributed by atoms with Crippen LogP contribution in [-0.4, -0.2) is 35.9 Å². The number of fused-ring (bicyclic) bond motifs is 1. The highest BCUT2D eigenvalue weighted by atomic mass is 32.1. The molecule has 2 aromatic heterocycles. The minimum atomic E-state index is -0.413. The molecule has 1 saturated carbocycles. The predicted molar refractivity (Wildman–Crippen MR) is 124 cm³/mol. The van der Waals surface area contributed by atoms with Crippen molar-refractivity contribution in [2.75, 3.05) is 11.9 Å². The molecule has 0 aliphatic heterocycles. The topological polar surface area (TPSA) is 125 Å². The van der Waals surface area contributed by atoms with Crippen molar-refractivity contribution in [2.45, 2.75) is 57.1 Å². The highest BCUT2D eigenvalue weighted by Gasteiger charge is 2.28. The highest BCUT2D eigenvalue weighted by Crippen LogP contribution is 2.39. The molecule has 174 valence electrons. The molecule has 1 atom stereocenters. The maximum atomic E-state index is 12.3. The number of rotatable bonds is 6. The standard InChI is InChI=1S/C24H27N3O5S/c25-12-20-19-7-1-16(14-32-24(30)26-17-3-5-18(28)6-4-17)11-21(19)33-23(20)27-22(29)8-2-15-9-10-31-13-15/h2,8-10,13,16-18,28H,1,3-7,11,14H2,(H,26,30)(H,27,29)/b8-2+. The number of aliphatic hydroxyl groups excluding tert-OH is 1. The van der Waals surface area contributed by atoms with Crippen LogP contribution in [0.15, 0.2) is 29.1 Å². The van der Waals surface area contributed by atoms with Gasteiger partial charge in [-0.1, -0.05) is 0 Å². The Balaban J connectivity index is 1.30. The van der Waals surface area contributed by atoms with Crippen molar-refractivity contribution in [1.29, 1.82) is 5.26 Å². The lowest BCUT2D eigenvalue weighted by Gasteiger charge is -2.26. The van der Waals surface area contributed by atoms with E-state index in [9.17, 15) is 20.0 Å². The molecule has 0 aromatic carbocycles. The van der Waals surface area contributed by atoms with Crippen LogP contribution < -0.4 is 10.6 Å². The summed E-state index contributed by atoms with van der Waals surface area (Å²) in [5.74, 6) is -0.135. The number of aliphatic hydroxyl groups is 1. The number of hydrogen-bond donors (Lipinski definition) is 3. The molecule has 0 spiro atoms. The van der Waals surface area contributed by atoms with E-state index in [1.54, 1.807) is 12.1 Å². The van der Waals surface area contributed by atoms with Gasteiger partial charge in [0.1, 0.15) is 11.1 Å². The van der Waals surface area contributed by atoms with Crippen molar-refractivity contribution < 1.29 is 23.8 Å². The minimum Gasteiger partial charge on any atom is -0.472 e. The van der Waals surface area contributed by atoms with Crippen LogP contribution in [0.1, 0.15) is 53.7 Å². The van der Waals surface area contributed by atoms with E-state index >= 15 is 0 Å². The third-order valence-corrected chi connectivity index (χ3v) is 7.32. The summed E-state index contributed by atoms with van der Waals surface area (Å²) in [6, 6.07) is 4.04. The number of anilines is 1. The van der Waals surface area contributed by atoms with Gasteiger partial charge in [0.25, 0.3) is 0 Å². The molecule has 2 amide bonds. The van der Waals surface area contributed by atoms with E-state index in [2.05, 4.69) is 16.7 Å². The zero-order chi connectivity index (χ0) is 23.2. The van der Waals surface area contributed by atoms with Crippen LogP contribution in [0, 0.1) is 17.2 Å². The quantitative estimate of drug-likeness (QED) is 0.549. The lowest BCUT2D eigenvalue weighted by molar-refractivity contribution is -0.111. The van der Waals surface area contributed by atoms with Gasteiger partial charge in [0.05, 0.1) is 30.8 Å². The Morgan fingerprint density at radius 1 is 1.30 bits per heavy atom. The summed E-state index contributed by atoms with van der Waals surface area (Å²) in [5, 5.41) is 25.5. The van der Waals surface area contributed by atoms with Gasteiger partial charge in [-0.15, -0.1) is 11.3 Å². The molecule has 0 bridgehead atoms. The Morgan fingerprint density at radius 3 is 2.85 bits per heavy atom. The van der Waals surface area contributed by atoms with E-state index in [0.717, 1.165) is 35.3 Å². The number of nitriles is 1. The number of carbonyl (C=O) groups is 2. The molecule has 0 radical (unpaired) electrons. The number of hydrogen-bond acceptors (Lipinski definition) is 7. The van der Waals surface area contributed by atoms with Crippen LogP contribution in [-0.2, 0) is 22.4 Å². The van der Waals surface area contributed by atoms with Gasteiger partial charge >= 0.3 is 6.09 Å². The predicted octanol–water partition coefficient (Wildman–Crippen LogP) is 4.00. The van der Waals surface area contributed by atoms with Crippen LogP contribution in [0.25, 0.3) is 6.08 Å². The van der Waals surface area contributed by atoms with E-state index in [-0.39, 0.29) is 24.0 Å². The van der Waals surface area contributed by atoms with Gasteiger partial charge in [-0.05, 0) is 68.6 Å². The Hall–Kier alpha value is -3.09. The Bertz CT molecular complexity index is 1050. The van der Waals surface area contributed by atoms with Crippen molar-refractivity contribution >= 4 is 34.4 Å². The van der Waals surface area contributed by atoms with Crippen LogP contribution in [0.2, 0.25) is 0 Å². The average Bonchev–Trinajstić information content (AvgIpc) is 3.44. The fourth-order valence-corrected chi connectivity index (χ4v) is 5.64. The van der Waals surface area contributed by atoms with Gasteiger partial charge in [-0.2, -0.15) is 5.26 Å². The van der Waals surface area contributed by atoms with Gasteiger partial charge in [0.2, 0.25) is 5.91 Å². The first kappa shape index (κ1) is 23.1. The molecule has 33 heavy (non-hydrogen) atoms. The second kappa shape index (κ2) is 10.7. The highest BCUT2D eigenvalue weighted by molar-refractivity contribution is 7.16. The van der Waals surface area contributed by atoms with E-state index < -0.39 is 6.09 Å². The molecule has 2 heterocycles. The Labute approximate surface area is 196 Å². The summed E-state index contributed by atoms with van der Waals surface area (Å²) in [4.78, 5) is 25.5. The lowest BCUT2D eigenvalue weighted by Crippen LogP contribution is -2.39. The van der Waals surface area contributed by atoms with E-state index in [1.807, 2.05) is 0 Å². The monoisotopic (exact) mass is 469 g/mol. The zero-order valence-electron chi connectivity index (χ0n) is 18.2.